The second kappa shape index (κ2) is 10.8. The molecule has 0 amide bonds. The minimum atomic E-state index is 0.178. The number of nitrogens with zero attached hydrogens (tertiary/aromatic N) is 2. The van der Waals surface area contributed by atoms with Crippen molar-refractivity contribution in [2.45, 2.75) is 12.8 Å². The standard InChI is InChI=1S/C10H15NO.C7H9NO/c1-11(8-5-9-12)10-6-3-2-4-7-10;9-6-4-7-3-1-2-5-8-7/h2-4,6-7,12H,5,8-9H2,1H3;1-3,5,9H,4,6H2. The zero-order chi connectivity index (χ0) is 15.3. The van der Waals surface area contributed by atoms with Crippen molar-refractivity contribution in [3.63, 3.8) is 0 Å². The lowest BCUT2D eigenvalue weighted by molar-refractivity contribution is 0.290. The first-order valence-electron chi connectivity index (χ1n) is 7.15. The smallest absolute Gasteiger partial charge is 0.0486 e. The normalized spacial score (nSPS) is 9.67. The van der Waals surface area contributed by atoms with Crippen molar-refractivity contribution >= 4 is 5.69 Å². The van der Waals surface area contributed by atoms with Gasteiger partial charge in [0.05, 0.1) is 0 Å². The largest absolute Gasteiger partial charge is 0.396 e. The molecule has 2 N–H and O–H groups in total. The van der Waals surface area contributed by atoms with Crippen molar-refractivity contribution in [2.24, 2.45) is 0 Å². The van der Waals surface area contributed by atoms with E-state index in [1.165, 1.54) is 5.69 Å². The molecule has 1 aromatic carbocycles. The highest BCUT2D eigenvalue weighted by molar-refractivity contribution is 5.44. The molecule has 0 spiro atoms. The average molecular weight is 288 g/mol. The average Bonchev–Trinajstić information content (AvgIpc) is 2.55. The second-order valence-corrected chi connectivity index (χ2v) is 4.63. The molecule has 0 radical (unpaired) electrons. The van der Waals surface area contributed by atoms with E-state index < -0.39 is 0 Å². The first-order valence-corrected chi connectivity index (χ1v) is 7.15. The Morgan fingerprint density at radius 1 is 0.952 bits per heavy atom. The Morgan fingerprint density at radius 2 is 1.67 bits per heavy atom. The third-order valence-corrected chi connectivity index (χ3v) is 2.94. The maximum absolute atomic E-state index is 8.64. The van der Waals surface area contributed by atoms with Crippen LogP contribution in [-0.4, -0.2) is 42.0 Å². The van der Waals surface area contributed by atoms with Crippen molar-refractivity contribution in [1.82, 2.24) is 4.98 Å². The van der Waals surface area contributed by atoms with Crippen LogP contribution in [0.2, 0.25) is 0 Å². The Kier molecular flexibility index (Phi) is 8.84. The number of benzene rings is 1. The fourth-order valence-electron chi connectivity index (χ4n) is 1.78. The van der Waals surface area contributed by atoms with E-state index in [0.29, 0.717) is 6.42 Å². The fraction of sp³-hybridized carbons (Fsp3) is 0.353. The molecule has 0 saturated carbocycles. The Bertz CT molecular complexity index is 463. The molecule has 114 valence electrons. The molecule has 0 bridgehead atoms. The molecule has 21 heavy (non-hydrogen) atoms. The molecule has 0 aliphatic carbocycles. The highest BCUT2D eigenvalue weighted by Crippen LogP contribution is 2.10. The first-order chi connectivity index (χ1) is 10.3. The van der Waals surface area contributed by atoms with Gasteiger partial charge in [-0.1, -0.05) is 24.3 Å². The summed E-state index contributed by atoms with van der Waals surface area (Å²) in [6.07, 6.45) is 3.21. The van der Waals surface area contributed by atoms with Gasteiger partial charge in [-0.05, 0) is 30.7 Å². The molecule has 1 aromatic heterocycles. The van der Waals surface area contributed by atoms with E-state index in [1.54, 1.807) is 6.20 Å². The van der Waals surface area contributed by atoms with Crippen LogP contribution in [-0.2, 0) is 6.42 Å². The molecule has 0 aliphatic rings. The topological polar surface area (TPSA) is 56.6 Å². The predicted molar refractivity (Wildman–Crippen MR) is 86.4 cm³/mol. The highest BCUT2D eigenvalue weighted by atomic mass is 16.3. The molecule has 0 unspecified atom stereocenters. The summed E-state index contributed by atoms with van der Waals surface area (Å²) < 4.78 is 0. The summed E-state index contributed by atoms with van der Waals surface area (Å²) in [4.78, 5) is 6.14. The van der Waals surface area contributed by atoms with Crippen LogP contribution >= 0.6 is 0 Å². The van der Waals surface area contributed by atoms with E-state index in [9.17, 15) is 0 Å². The third kappa shape index (κ3) is 7.44. The zero-order valence-electron chi connectivity index (χ0n) is 12.5. The van der Waals surface area contributed by atoms with Gasteiger partial charge in [0.25, 0.3) is 0 Å². The molecule has 2 aromatic rings. The van der Waals surface area contributed by atoms with Crippen LogP contribution in [0.5, 0.6) is 0 Å². The van der Waals surface area contributed by atoms with E-state index in [-0.39, 0.29) is 13.2 Å². The lowest BCUT2D eigenvalue weighted by Gasteiger charge is -2.18. The summed E-state index contributed by atoms with van der Waals surface area (Å²) in [5.74, 6) is 0. The molecule has 0 fully saturated rings. The minimum Gasteiger partial charge on any atom is -0.396 e. The Hall–Kier alpha value is -1.91. The van der Waals surface area contributed by atoms with E-state index in [0.717, 1.165) is 18.7 Å². The van der Waals surface area contributed by atoms with Crippen molar-refractivity contribution in [3.8, 4) is 0 Å². The summed E-state index contributed by atoms with van der Waals surface area (Å²) in [5, 5.41) is 17.1. The molecule has 1 heterocycles. The number of rotatable bonds is 6. The van der Waals surface area contributed by atoms with Gasteiger partial charge < -0.3 is 15.1 Å². The van der Waals surface area contributed by atoms with Crippen molar-refractivity contribution < 1.29 is 10.2 Å². The lowest BCUT2D eigenvalue weighted by Crippen LogP contribution is -2.18. The minimum absolute atomic E-state index is 0.178. The summed E-state index contributed by atoms with van der Waals surface area (Å²) in [6.45, 7) is 1.34. The van der Waals surface area contributed by atoms with E-state index >= 15 is 0 Å². The van der Waals surface area contributed by atoms with Crippen LogP contribution in [0.3, 0.4) is 0 Å². The van der Waals surface area contributed by atoms with Crippen LogP contribution in [0.25, 0.3) is 0 Å². The van der Waals surface area contributed by atoms with Crippen LogP contribution in [0, 0.1) is 0 Å². The van der Waals surface area contributed by atoms with Crippen LogP contribution < -0.4 is 4.90 Å². The number of aliphatic hydroxyl groups excluding tert-OH is 2. The predicted octanol–water partition coefficient (Wildman–Crippen LogP) is 2.12. The molecule has 4 heteroatoms. The Balaban J connectivity index is 0.000000219. The maximum atomic E-state index is 8.64. The van der Waals surface area contributed by atoms with E-state index in [2.05, 4.69) is 22.0 Å². The van der Waals surface area contributed by atoms with Gasteiger partial charge in [0.1, 0.15) is 0 Å². The Morgan fingerprint density at radius 3 is 2.24 bits per heavy atom. The zero-order valence-corrected chi connectivity index (χ0v) is 12.5. The van der Waals surface area contributed by atoms with Crippen LogP contribution in [0.4, 0.5) is 5.69 Å². The van der Waals surface area contributed by atoms with Gasteiger partial charge in [-0.2, -0.15) is 0 Å². The maximum Gasteiger partial charge on any atom is 0.0486 e. The second-order valence-electron chi connectivity index (χ2n) is 4.63. The summed E-state index contributed by atoms with van der Waals surface area (Å²) in [5.41, 5.74) is 2.14. The van der Waals surface area contributed by atoms with E-state index in [1.807, 2.05) is 43.4 Å². The van der Waals surface area contributed by atoms with Gasteiger partial charge in [-0.15, -0.1) is 0 Å². The first kappa shape index (κ1) is 17.1. The molecular weight excluding hydrogens is 264 g/mol. The molecule has 0 saturated heterocycles. The van der Waals surface area contributed by atoms with E-state index in [4.69, 9.17) is 10.2 Å². The van der Waals surface area contributed by atoms with Crippen molar-refractivity contribution in [3.05, 3.63) is 60.4 Å². The van der Waals surface area contributed by atoms with Gasteiger partial charge in [-0.25, -0.2) is 0 Å². The fourth-order valence-corrected chi connectivity index (χ4v) is 1.78. The van der Waals surface area contributed by atoms with Crippen molar-refractivity contribution in [2.75, 3.05) is 31.7 Å². The van der Waals surface area contributed by atoms with Gasteiger partial charge in [0, 0.05) is 50.8 Å². The SMILES string of the molecule is CN(CCCO)c1ccccc1.OCCc1ccccn1. The van der Waals surface area contributed by atoms with Crippen LogP contribution in [0.1, 0.15) is 12.1 Å². The molecule has 2 rings (SSSR count). The Labute approximate surface area is 126 Å². The lowest BCUT2D eigenvalue weighted by atomic mass is 10.3. The number of hydrogen-bond acceptors (Lipinski definition) is 4. The number of aromatic nitrogens is 1. The monoisotopic (exact) mass is 288 g/mol. The molecule has 0 aliphatic heterocycles. The van der Waals surface area contributed by atoms with Gasteiger partial charge in [-0.3, -0.25) is 4.98 Å². The van der Waals surface area contributed by atoms with Gasteiger partial charge in [0.15, 0.2) is 0 Å². The van der Waals surface area contributed by atoms with Crippen LogP contribution in [0.15, 0.2) is 54.7 Å². The van der Waals surface area contributed by atoms with Gasteiger partial charge in [0.2, 0.25) is 0 Å². The number of aliphatic hydroxyl groups is 2. The molecular formula is C17H24N2O2. The number of hydrogen-bond donors (Lipinski definition) is 2. The summed E-state index contributed by atoms with van der Waals surface area (Å²) in [7, 11) is 2.03. The number of pyridine rings is 1. The number of anilines is 1. The summed E-state index contributed by atoms with van der Waals surface area (Å²) in [6, 6.07) is 15.8. The molecule has 4 nitrogen and oxygen atoms in total. The number of para-hydroxylation sites is 1. The quantitative estimate of drug-likeness (QED) is 0.855. The summed E-state index contributed by atoms with van der Waals surface area (Å²) >= 11 is 0. The highest BCUT2D eigenvalue weighted by Gasteiger charge is 1.97. The third-order valence-electron chi connectivity index (χ3n) is 2.94. The van der Waals surface area contributed by atoms with Gasteiger partial charge >= 0.3 is 0 Å². The molecule has 0 atom stereocenters. The van der Waals surface area contributed by atoms with Crippen molar-refractivity contribution in [1.29, 1.82) is 0 Å².